The van der Waals surface area contributed by atoms with Crippen molar-refractivity contribution in [2.75, 3.05) is 0 Å². The van der Waals surface area contributed by atoms with Gasteiger partial charge in [-0.1, -0.05) is 20.3 Å². The Morgan fingerprint density at radius 2 is 1.90 bits per heavy atom. The first-order valence-electron chi connectivity index (χ1n) is 7.70. The van der Waals surface area contributed by atoms with Gasteiger partial charge in [-0.25, -0.2) is 4.79 Å². The highest BCUT2D eigenvalue weighted by atomic mass is 32.1. The summed E-state index contributed by atoms with van der Waals surface area (Å²) in [7, 11) is 0. The van der Waals surface area contributed by atoms with Crippen LogP contribution >= 0.6 is 11.3 Å². The minimum absolute atomic E-state index is 0.251. The van der Waals surface area contributed by atoms with Gasteiger partial charge in [0, 0.05) is 4.88 Å². The smallest absolute Gasteiger partial charge is 0.329 e. The van der Waals surface area contributed by atoms with E-state index in [1.807, 2.05) is 6.07 Å². The number of carbonyl (C=O) groups is 2. The highest BCUT2D eigenvalue weighted by molar-refractivity contribution is 7.14. The standard InChI is InChI=1S/C16H23NO3S/c1-3-16(4-2,15(19)20)17-14(18)13-10-11-8-6-5-7-9-12(11)21-13/h10H,3-9H2,1-2H3,(H,17,18)(H,19,20). The average molecular weight is 309 g/mol. The summed E-state index contributed by atoms with van der Waals surface area (Å²) >= 11 is 1.53. The number of thiophene rings is 1. The molecule has 0 atom stereocenters. The van der Waals surface area contributed by atoms with Gasteiger partial charge in [0.1, 0.15) is 5.54 Å². The van der Waals surface area contributed by atoms with E-state index in [4.69, 9.17) is 0 Å². The largest absolute Gasteiger partial charge is 0.480 e. The summed E-state index contributed by atoms with van der Waals surface area (Å²) in [4.78, 5) is 25.8. The monoisotopic (exact) mass is 309 g/mol. The molecule has 1 amide bonds. The fourth-order valence-electron chi connectivity index (χ4n) is 2.84. The number of carbonyl (C=O) groups excluding carboxylic acids is 1. The van der Waals surface area contributed by atoms with Crippen LogP contribution < -0.4 is 5.32 Å². The minimum Gasteiger partial charge on any atom is -0.480 e. The molecule has 0 radical (unpaired) electrons. The lowest BCUT2D eigenvalue weighted by Crippen LogP contribution is -2.53. The Bertz CT molecular complexity index is 508. The molecule has 0 saturated carbocycles. The van der Waals surface area contributed by atoms with Crippen molar-refractivity contribution in [1.82, 2.24) is 5.32 Å². The first-order chi connectivity index (χ1) is 10.0. The van der Waals surface area contributed by atoms with Gasteiger partial charge in [-0.05, 0) is 50.2 Å². The van der Waals surface area contributed by atoms with E-state index in [1.54, 1.807) is 13.8 Å². The van der Waals surface area contributed by atoms with E-state index in [0.29, 0.717) is 17.7 Å². The highest BCUT2D eigenvalue weighted by Gasteiger charge is 2.37. The molecule has 2 N–H and O–H groups in total. The molecule has 0 fully saturated rings. The Labute approximate surface area is 129 Å². The third-order valence-electron chi connectivity index (χ3n) is 4.44. The van der Waals surface area contributed by atoms with Gasteiger partial charge in [-0.15, -0.1) is 11.3 Å². The van der Waals surface area contributed by atoms with Crippen molar-refractivity contribution in [3.63, 3.8) is 0 Å². The van der Waals surface area contributed by atoms with Gasteiger partial charge in [0.05, 0.1) is 4.88 Å². The molecular formula is C16H23NO3S. The number of hydrogen-bond acceptors (Lipinski definition) is 3. The van der Waals surface area contributed by atoms with E-state index in [1.165, 1.54) is 41.0 Å². The highest BCUT2D eigenvalue weighted by Crippen LogP contribution is 2.29. The summed E-state index contributed by atoms with van der Waals surface area (Å²) in [5.74, 6) is -1.21. The summed E-state index contributed by atoms with van der Waals surface area (Å²) in [5, 5.41) is 12.1. The molecule has 0 unspecified atom stereocenters. The molecule has 21 heavy (non-hydrogen) atoms. The van der Waals surface area contributed by atoms with Crippen molar-refractivity contribution in [2.24, 2.45) is 0 Å². The number of aliphatic carboxylic acids is 1. The third-order valence-corrected chi connectivity index (χ3v) is 5.68. The van der Waals surface area contributed by atoms with Crippen molar-refractivity contribution in [2.45, 2.75) is 64.3 Å². The normalized spacial score (nSPS) is 15.1. The second kappa shape index (κ2) is 6.60. The van der Waals surface area contributed by atoms with E-state index < -0.39 is 11.5 Å². The van der Waals surface area contributed by atoms with Crippen LogP contribution in [0.4, 0.5) is 0 Å². The topological polar surface area (TPSA) is 66.4 Å². The van der Waals surface area contributed by atoms with Crippen LogP contribution in [0.15, 0.2) is 6.07 Å². The van der Waals surface area contributed by atoms with Crippen LogP contribution in [0.25, 0.3) is 0 Å². The quantitative estimate of drug-likeness (QED) is 0.819. The van der Waals surface area contributed by atoms with Crippen molar-refractivity contribution in [1.29, 1.82) is 0 Å². The maximum atomic E-state index is 12.4. The molecule has 1 heterocycles. The average Bonchev–Trinajstić information content (AvgIpc) is 2.75. The lowest BCUT2D eigenvalue weighted by molar-refractivity contribution is -0.144. The van der Waals surface area contributed by atoms with Crippen molar-refractivity contribution >= 4 is 23.2 Å². The lowest BCUT2D eigenvalue weighted by Gasteiger charge is -2.27. The van der Waals surface area contributed by atoms with Gasteiger partial charge in [0.15, 0.2) is 0 Å². The number of carboxylic acids is 1. The van der Waals surface area contributed by atoms with E-state index in [9.17, 15) is 14.7 Å². The van der Waals surface area contributed by atoms with Crippen LogP contribution in [-0.2, 0) is 17.6 Å². The van der Waals surface area contributed by atoms with Gasteiger partial charge in [-0.3, -0.25) is 4.79 Å². The van der Waals surface area contributed by atoms with E-state index in [0.717, 1.165) is 12.8 Å². The molecule has 5 heteroatoms. The molecule has 0 aromatic carbocycles. The molecule has 0 aliphatic heterocycles. The first-order valence-corrected chi connectivity index (χ1v) is 8.51. The van der Waals surface area contributed by atoms with Gasteiger partial charge < -0.3 is 10.4 Å². The molecule has 0 spiro atoms. The molecule has 1 aromatic heterocycles. The van der Waals surface area contributed by atoms with Gasteiger partial charge in [0.25, 0.3) is 5.91 Å². The number of aryl methyl sites for hydroxylation is 2. The summed E-state index contributed by atoms with van der Waals surface area (Å²) in [6, 6.07) is 1.96. The Morgan fingerprint density at radius 3 is 2.52 bits per heavy atom. The molecule has 1 aliphatic rings. The molecular weight excluding hydrogens is 286 g/mol. The fraction of sp³-hybridized carbons (Fsp3) is 0.625. The molecule has 116 valence electrons. The number of carboxylic acid groups (broad SMARTS) is 1. The number of nitrogens with one attached hydrogen (secondary N) is 1. The molecule has 0 bridgehead atoms. The summed E-state index contributed by atoms with van der Waals surface area (Å²) in [5.41, 5.74) is 0.120. The zero-order valence-electron chi connectivity index (χ0n) is 12.7. The van der Waals surface area contributed by atoms with Crippen molar-refractivity contribution in [3.05, 3.63) is 21.4 Å². The van der Waals surface area contributed by atoms with Crippen LogP contribution in [0, 0.1) is 0 Å². The van der Waals surface area contributed by atoms with Crippen LogP contribution in [0.3, 0.4) is 0 Å². The van der Waals surface area contributed by atoms with Crippen molar-refractivity contribution in [3.8, 4) is 0 Å². The number of hydrogen-bond donors (Lipinski definition) is 2. The zero-order valence-corrected chi connectivity index (χ0v) is 13.5. The van der Waals surface area contributed by atoms with E-state index >= 15 is 0 Å². The Balaban J connectivity index is 2.18. The zero-order chi connectivity index (χ0) is 15.5. The first kappa shape index (κ1) is 16.0. The summed E-state index contributed by atoms with van der Waals surface area (Å²) in [6.07, 6.45) is 6.44. The maximum absolute atomic E-state index is 12.4. The molecule has 0 saturated heterocycles. The van der Waals surface area contributed by atoms with Crippen molar-refractivity contribution < 1.29 is 14.7 Å². The summed E-state index contributed by atoms with van der Waals surface area (Å²) < 4.78 is 0. The molecule has 1 aliphatic carbocycles. The van der Waals surface area contributed by atoms with Crippen LogP contribution in [0.1, 0.15) is 66.1 Å². The Hall–Kier alpha value is -1.36. The fourth-order valence-corrected chi connectivity index (χ4v) is 3.99. The van der Waals surface area contributed by atoms with E-state index in [2.05, 4.69) is 5.32 Å². The Morgan fingerprint density at radius 1 is 1.24 bits per heavy atom. The molecule has 1 aromatic rings. The molecule has 4 nitrogen and oxygen atoms in total. The Kier molecular flexibility index (Phi) is 5.04. The van der Waals surface area contributed by atoms with Crippen LogP contribution in [0.2, 0.25) is 0 Å². The third kappa shape index (κ3) is 3.28. The minimum atomic E-state index is -1.15. The number of fused-ring (bicyclic) bond motifs is 1. The lowest BCUT2D eigenvalue weighted by atomic mass is 9.93. The van der Waals surface area contributed by atoms with Crippen LogP contribution in [0.5, 0.6) is 0 Å². The predicted octanol–water partition coefficient (Wildman–Crippen LogP) is 3.39. The second-order valence-electron chi connectivity index (χ2n) is 5.67. The number of amides is 1. The molecule has 2 rings (SSSR count). The summed E-state index contributed by atoms with van der Waals surface area (Å²) in [6.45, 7) is 3.59. The number of rotatable bonds is 5. The predicted molar refractivity (Wildman–Crippen MR) is 84.0 cm³/mol. The second-order valence-corrected chi connectivity index (χ2v) is 6.80. The maximum Gasteiger partial charge on any atom is 0.329 e. The van der Waals surface area contributed by atoms with Gasteiger partial charge >= 0.3 is 5.97 Å². The van der Waals surface area contributed by atoms with E-state index in [-0.39, 0.29) is 5.91 Å². The van der Waals surface area contributed by atoms with Gasteiger partial charge in [0.2, 0.25) is 0 Å². The van der Waals surface area contributed by atoms with Crippen LogP contribution in [-0.4, -0.2) is 22.5 Å². The van der Waals surface area contributed by atoms with Gasteiger partial charge in [-0.2, -0.15) is 0 Å². The SMILES string of the molecule is CCC(CC)(NC(=O)c1cc2c(s1)CCCCC2)C(=O)O.